The first-order chi connectivity index (χ1) is 18.2. The number of hydrogen-bond acceptors (Lipinski definition) is 3. The molecule has 0 radical (unpaired) electrons. The summed E-state index contributed by atoms with van der Waals surface area (Å²) in [6, 6.07) is 0. The molecule has 0 saturated carbocycles. The molecular weight excluding hydrogens is 526 g/mol. The Morgan fingerprint density at radius 1 is 0.744 bits per heavy atom. The summed E-state index contributed by atoms with van der Waals surface area (Å²) in [6.07, 6.45) is 17.9. The van der Waals surface area contributed by atoms with Gasteiger partial charge >= 0.3 is 7.60 Å². The Labute approximate surface area is 241 Å². The summed E-state index contributed by atoms with van der Waals surface area (Å²) >= 11 is 0. The molecule has 0 aliphatic heterocycles. The van der Waals surface area contributed by atoms with Crippen LogP contribution in [-0.2, 0) is 13.7 Å². The van der Waals surface area contributed by atoms with Crippen molar-refractivity contribution in [3.63, 3.8) is 0 Å². The van der Waals surface area contributed by atoms with Crippen molar-refractivity contribution in [2.24, 2.45) is 5.92 Å². The van der Waals surface area contributed by atoms with Crippen molar-refractivity contribution in [3.8, 4) is 0 Å². The average molecular weight is 587 g/mol. The largest absolute Gasteiger partial charge is 0.341 e. The molecule has 2 unspecified atom stereocenters. The highest BCUT2D eigenvalue weighted by molar-refractivity contribution is 7.76. The highest BCUT2D eigenvalue weighted by Crippen LogP contribution is 2.77. The van der Waals surface area contributed by atoms with E-state index in [1.54, 1.807) is 13.8 Å². The predicted octanol–water partition coefficient (Wildman–Crippen LogP) is 10.9. The number of allylic oxidation sites excluding steroid dienone is 8. The second-order valence-electron chi connectivity index (χ2n) is 11.4. The van der Waals surface area contributed by atoms with Crippen molar-refractivity contribution in [3.05, 3.63) is 46.6 Å². The molecule has 2 atom stereocenters. The lowest BCUT2D eigenvalue weighted by Gasteiger charge is -2.41. The molecule has 0 fully saturated rings. The summed E-state index contributed by atoms with van der Waals surface area (Å²) in [6.45, 7) is 18.5. The van der Waals surface area contributed by atoms with Crippen LogP contribution in [0.4, 0.5) is 0 Å². The predicted molar refractivity (Wildman–Crippen MR) is 171 cm³/mol. The summed E-state index contributed by atoms with van der Waals surface area (Å²) < 4.78 is 32.9. The molecule has 0 rings (SSSR count). The average Bonchev–Trinajstić information content (AvgIpc) is 2.84. The molecule has 0 aromatic rings. The first kappa shape index (κ1) is 38.3. The van der Waals surface area contributed by atoms with Crippen LogP contribution in [0, 0.1) is 5.92 Å². The van der Waals surface area contributed by atoms with Gasteiger partial charge in [-0.1, -0.05) is 80.2 Å². The van der Waals surface area contributed by atoms with Gasteiger partial charge in [0.05, 0.1) is 6.61 Å². The molecule has 0 aliphatic carbocycles. The van der Waals surface area contributed by atoms with E-state index in [-0.39, 0.29) is 31.5 Å². The van der Waals surface area contributed by atoms with Crippen molar-refractivity contribution in [2.75, 3.05) is 12.8 Å². The fourth-order valence-corrected chi connectivity index (χ4v) is 10.8. The number of hydrogen-bond donors (Lipinski definition) is 2. The minimum atomic E-state index is -4.68. The molecule has 0 aliphatic rings. The van der Waals surface area contributed by atoms with Crippen LogP contribution >= 0.6 is 15.0 Å². The maximum Gasteiger partial charge on any atom is 0.341 e. The van der Waals surface area contributed by atoms with Crippen molar-refractivity contribution < 1.29 is 23.4 Å². The molecule has 2 N–H and O–H groups in total. The fourth-order valence-electron chi connectivity index (χ4n) is 5.16. The minimum absolute atomic E-state index is 0.0977. The van der Waals surface area contributed by atoms with E-state index in [9.17, 15) is 18.9 Å². The van der Waals surface area contributed by atoms with E-state index in [0.29, 0.717) is 6.42 Å². The van der Waals surface area contributed by atoms with Gasteiger partial charge in [0.2, 0.25) is 7.37 Å². The van der Waals surface area contributed by atoms with Crippen molar-refractivity contribution in [2.45, 2.75) is 138 Å². The summed E-state index contributed by atoms with van der Waals surface area (Å²) in [4.78, 5) is 19.4. The first-order valence-corrected chi connectivity index (χ1v) is 18.5. The van der Waals surface area contributed by atoms with Crippen LogP contribution in [0.15, 0.2) is 46.6 Å². The monoisotopic (exact) mass is 586 g/mol. The lowest BCUT2D eigenvalue weighted by Crippen LogP contribution is -2.33. The summed E-state index contributed by atoms with van der Waals surface area (Å²) in [5, 5.41) is 0. The smallest absolute Gasteiger partial charge is 0.328 e. The van der Waals surface area contributed by atoms with E-state index in [0.717, 1.165) is 51.4 Å². The van der Waals surface area contributed by atoms with Gasteiger partial charge in [0.1, 0.15) is 4.90 Å². The molecule has 0 amide bonds. The SMILES string of the molecule is CCOP(=O)(CCC=C(C)CCC=C(C)CCC=C(C)CCC=C(C)C)C(CC)(CC(CC)CC)P(=O)(O)O. The second-order valence-corrected chi connectivity index (χ2v) is 16.6. The zero-order valence-corrected chi connectivity index (χ0v) is 28.4. The first-order valence-electron chi connectivity index (χ1n) is 15.1. The van der Waals surface area contributed by atoms with Gasteiger partial charge in [-0.05, 0) is 105 Å². The molecule has 0 heterocycles. The second kappa shape index (κ2) is 19.4. The Bertz CT molecular complexity index is 917. The van der Waals surface area contributed by atoms with E-state index in [2.05, 4.69) is 58.9 Å². The molecular formula is C32H60O5P2. The van der Waals surface area contributed by atoms with E-state index in [1.807, 2.05) is 13.8 Å². The summed E-state index contributed by atoms with van der Waals surface area (Å²) in [5.41, 5.74) is 5.43. The molecule has 0 aromatic carbocycles. The van der Waals surface area contributed by atoms with Crippen molar-refractivity contribution in [1.29, 1.82) is 0 Å². The minimum Gasteiger partial charge on any atom is -0.328 e. The zero-order chi connectivity index (χ0) is 30.1. The van der Waals surface area contributed by atoms with E-state index >= 15 is 0 Å². The van der Waals surface area contributed by atoms with Gasteiger partial charge in [0.25, 0.3) is 0 Å². The van der Waals surface area contributed by atoms with Gasteiger partial charge in [0.15, 0.2) is 0 Å². The van der Waals surface area contributed by atoms with Crippen LogP contribution in [-0.4, -0.2) is 27.5 Å². The van der Waals surface area contributed by atoms with E-state index in [1.165, 1.54) is 22.3 Å². The quantitative estimate of drug-likeness (QED) is 0.103. The molecule has 0 bridgehead atoms. The van der Waals surface area contributed by atoms with Gasteiger partial charge in [0, 0.05) is 6.16 Å². The number of rotatable bonds is 21. The topological polar surface area (TPSA) is 83.8 Å². The highest BCUT2D eigenvalue weighted by Gasteiger charge is 2.59. The molecule has 0 aromatic heterocycles. The van der Waals surface area contributed by atoms with Gasteiger partial charge in [-0.25, -0.2) is 0 Å². The Balaban J connectivity index is 5.20. The lowest BCUT2D eigenvalue weighted by atomic mass is 9.96. The molecule has 7 heteroatoms. The molecule has 0 spiro atoms. The van der Waals surface area contributed by atoms with Crippen molar-refractivity contribution >= 4 is 15.0 Å². The van der Waals surface area contributed by atoms with Crippen LogP contribution in [0.5, 0.6) is 0 Å². The Morgan fingerprint density at radius 3 is 1.54 bits per heavy atom. The van der Waals surface area contributed by atoms with Crippen LogP contribution in [0.2, 0.25) is 0 Å². The zero-order valence-electron chi connectivity index (χ0n) is 26.6. The maximum absolute atomic E-state index is 14.2. The van der Waals surface area contributed by atoms with Crippen LogP contribution in [0.3, 0.4) is 0 Å². The lowest BCUT2D eigenvalue weighted by molar-refractivity contribution is 0.275. The van der Waals surface area contributed by atoms with Gasteiger partial charge in [-0.2, -0.15) is 0 Å². The standard InChI is InChI=1S/C32H60O5P2/c1-10-31(11-2)26-32(12-3,39(34,35)36)38(33,37-13-4)25-17-24-30(9)23-16-22-29(8)21-15-20-28(7)19-14-18-27(5)6/h18,20,22,24,31H,10-17,19,21,23,25-26H2,1-9H3,(H2,34,35,36). The van der Waals surface area contributed by atoms with Gasteiger partial charge in [-0.3, -0.25) is 9.13 Å². The Kier molecular flexibility index (Phi) is 19.1. The van der Waals surface area contributed by atoms with Crippen LogP contribution in [0.25, 0.3) is 0 Å². The van der Waals surface area contributed by atoms with Gasteiger partial charge < -0.3 is 14.3 Å². The molecule has 228 valence electrons. The van der Waals surface area contributed by atoms with Crippen LogP contribution in [0.1, 0.15) is 133 Å². The highest BCUT2D eigenvalue weighted by atomic mass is 31.2. The normalized spacial score (nSPS) is 16.8. The van der Waals surface area contributed by atoms with E-state index < -0.39 is 19.9 Å². The van der Waals surface area contributed by atoms with Crippen molar-refractivity contribution in [1.82, 2.24) is 0 Å². The summed E-state index contributed by atoms with van der Waals surface area (Å²) in [7, 11) is -8.30. The van der Waals surface area contributed by atoms with Crippen LogP contribution < -0.4 is 0 Å². The third-order valence-corrected chi connectivity index (χ3v) is 14.5. The third-order valence-electron chi connectivity index (χ3n) is 7.92. The Morgan fingerprint density at radius 2 is 1.18 bits per heavy atom. The third kappa shape index (κ3) is 13.7. The fraction of sp³-hybridized carbons (Fsp3) is 0.750. The molecule has 39 heavy (non-hydrogen) atoms. The molecule has 0 saturated heterocycles. The maximum atomic E-state index is 14.2. The Hall–Kier alpha value is -0.700. The van der Waals surface area contributed by atoms with E-state index in [4.69, 9.17) is 4.52 Å². The summed E-state index contributed by atoms with van der Waals surface area (Å²) in [5.74, 6) is 0.0977. The van der Waals surface area contributed by atoms with Gasteiger partial charge in [-0.15, -0.1) is 0 Å². The molecule has 5 nitrogen and oxygen atoms in total.